The summed E-state index contributed by atoms with van der Waals surface area (Å²) in [6.07, 6.45) is 1.74. The van der Waals surface area contributed by atoms with Crippen LogP contribution < -0.4 is 11.1 Å². The second-order valence-electron chi connectivity index (χ2n) is 3.21. The fraction of sp³-hybridized carbons (Fsp3) is 0.182. The first-order chi connectivity index (χ1) is 7.33. The Morgan fingerprint density at radius 1 is 1.33 bits per heavy atom. The Labute approximate surface area is 93.3 Å². The molecule has 0 saturated carbocycles. The highest BCUT2D eigenvalue weighted by molar-refractivity contribution is 6.35. The molecule has 0 bridgehead atoms. The van der Waals surface area contributed by atoms with Crippen molar-refractivity contribution in [3.05, 3.63) is 35.5 Å². The van der Waals surface area contributed by atoms with E-state index in [0.29, 0.717) is 11.6 Å². The molecule has 0 fully saturated rings. The van der Waals surface area contributed by atoms with Crippen LogP contribution in [0.2, 0.25) is 5.02 Å². The summed E-state index contributed by atoms with van der Waals surface area (Å²) < 4.78 is 0. The minimum absolute atomic E-state index is 0.602. The fourth-order valence-electron chi connectivity index (χ4n) is 1.50. The molecule has 0 amide bonds. The summed E-state index contributed by atoms with van der Waals surface area (Å²) in [4.78, 5) is 4.25. The predicted octanol–water partition coefficient (Wildman–Crippen LogP) is 2.26. The van der Waals surface area contributed by atoms with E-state index in [-0.39, 0.29) is 0 Å². The van der Waals surface area contributed by atoms with Crippen molar-refractivity contribution in [1.29, 1.82) is 0 Å². The van der Waals surface area contributed by atoms with Crippen molar-refractivity contribution in [3.63, 3.8) is 0 Å². The smallest absolute Gasteiger partial charge is 0.0908 e. The second kappa shape index (κ2) is 4.47. The second-order valence-corrected chi connectivity index (χ2v) is 3.62. The molecule has 15 heavy (non-hydrogen) atoms. The highest BCUT2D eigenvalue weighted by Gasteiger charge is 2.03. The van der Waals surface area contributed by atoms with E-state index >= 15 is 0 Å². The van der Waals surface area contributed by atoms with E-state index in [4.69, 9.17) is 17.3 Å². The molecule has 1 aromatic carbocycles. The van der Waals surface area contributed by atoms with Crippen molar-refractivity contribution in [2.75, 3.05) is 18.4 Å². The molecule has 78 valence electrons. The van der Waals surface area contributed by atoms with Gasteiger partial charge in [-0.3, -0.25) is 4.98 Å². The molecule has 0 spiro atoms. The zero-order chi connectivity index (χ0) is 10.7. The summed E-state index contributed by atoms with van der Waals surface area (Å²) in [5.41, 5.74) is 7.29. The van der Waals surface area contributed by atoms with Gasteiger partial charge in [0.2, 0.25) is 0 Å². The van der Waals surface area contributed by atoms with Crippen LogP contribution in [0.25, 0.3) is 10.9 Å². The number of pyridine rings is 1. The molecule has 0 unspecified atom stereocenters. The van der Waals surface area contributed by atoms with E-state index in [0.717, 1.165) is 23.1 Å². The number of hydrogen-bond acceptors (Lipinski definition) is 3. The lowest BCUT2D eigenvalue weighted by Gasteiger charge is -2.08. The van der Waals surface area contributed by atoms with Gasteiger partial charge in [0.15, 0.2) is 0 Å². The SMILES string of the molecule is NCCNc1ccnc2c(Cl)cccc12. The van der Waals surface area contributed by atoms with E-state index in [1.165, 1.54) is 0 Å². The summed E-state index contributed by atoms with van der Waals surface area (Å²) >= 11 is 6.05. The number of halogens is 1. The molecule has 3 N–H and O–H groups in total. The van der Waals surface area contributed by atoms with Gasteiger partial charge in [-0.05, 0) is 12.1 Å². The topological polar surface area (TPSA) is 50.9 Å². The average molecular weight is 222 g/mol. The minimum atomic E-state index is 0.602. The largest absolute Gasteiger partial charge is 0.383 e. The Morgan fingerprint density at radius 3 is 3.00 bits per heavy atom. The van der Waals surface area contributed by atoms with Crippen LogP contribution in [0.4, 0.5) is 5.69 Å². The number of nitrogens with two attached hydrogens (primary N) is 1. The van der Waals surface area contributed by atoms with Gasteiger partial charge in [0, 0.05) is 30.4 Å². The lowest BCUT2D eigenvalue weighted by molar-refractivity contribution is 1.03. The molecule has 3 nitrogen and oxygen atoms in total. The molecule has 2 rings (SSSR count). The van der Waals surface area contributed by atoms with Crippen LogP contribution in [0.3, 0.4) is 0 Å². The molecule has 0 aliphatic carbocycles. The van der Waals surface area contributed by atoms with E-state index in [1.807, 2.05) is 24.3 Å². The van der Waals surface area contributed by atoms with E-state index in [9.17, 15) is 0 Å². The first kappa shape index (κ1) is 10.2. The number of nitrogens with zero attached hydrogens (tertiary/aromatic N) is 1. The molecule has 0 atom stereocenters. The predicted molar refractivity (Wildman–Crippen MR) is 64.3 cm³/mol. The number of fused-ring (bicyclic) bond motifs is 1. The summed E-state index contributed by atoms with van der Waals surface area (Å²) in [5.74, 6) is 0. The van der Waals surface area contributed by atoms with E-state index in [2.05, 4.69) is 10.3 Å². The molecule has 0 aliphatic heterocycles. The number of hydrogen-bond donors (Lipinski definition) is 2. The van der Waals surface area contributed by atoms with Crippen LogP contribution in [0.1, 0.15) is 0 Å². The van der Waals surface area contributed by atoms with Gasteiger partial charge >= 0.3 is 0 Å². The van der Waals surface area contributed by atoms with Crippen LogP contribution in [0, 0.1) is 0 Å². The van der Waals surface area contributed by atoms with Crippen molar-refractivity contribution >= 4 is 28.2 Å². The van der Waals surface area contributed by atoms with E-state index < -0.39 is 0 Å². The van der Waals surface area contributed by atoms with Gasteiger partial charge in [-0.15, -0.1) is 0 Å². The summed E-state index contributed by atoms with van der Waals surface area (Å²) in [5, 5.41) is 4.94. The Morgan fingerprint density at radius 2 is 2.20 bits per heavy atom. The van der Waals surface area contributed by atoms with Crippen LogP contribution in [0.5, 0.6) is 0 Å². The van der Waals surface area contributed by atoms with Gasteiger partial charge in [-0.2, -0.15) is 0 Å². The van der Waals surface area contributed by atoms with Gasteiger partial charge in [0.1, 0.15) is 0 Å². The number of rotatable bonds is 3. The van der Waals surface area contributed by atoms with Gasteiger partial charge in [0.25, 0.3) is 0 Å². The van der Waals surface area contributed by atoms with Crippen molar-refractivity contribution in [1.82, 2.24) is 4.98 Å². The average Bonchev–Trinajstić information content (AvgIpc) is 2.27. The Hall–Kier alpha value is -1.32. The molecule has 1 heterocycles. The first-order valence-electron chi connectivity index (χ1n) is 4.80. The molecular formula is C11H12ClN3. The third-order valence-corrected chi connectivity index (χ3v) is 2.49. The van der Waals surface area contributed by atoms with Gasteiger partial charge in [-0.1, -0.05) is 23.7 Å². The molecule has 0 saturated heterocycles. The third-order valence-electron chi connectivity index (χ3n) is 2.18. The Bertz CT molecular complexity index is 470. The first-order valence-corrected chi connectivity index (χ1v) is 5.18. The Balaban J connectivity index is 2.51. The molecule has 0 aliphatic rings. The fourth-order valence-corrected chi connectivity index (χ4v) is 1.72. The highest BCUT2D eigenvalue weighted by atomic mass is 35.5. The van der Waals surface area contributed by atoms with Crippen molar-refractivity contribution < 1.29 is 0 Å². The van der Waals surface area contributed by atoms with E-state index in [1.54, 1.807) is 6.20 Å². The monoisotopic (exact) mass is 221 g/mol. The Kier molecular flexibility index (Phi) is 3.04. The standard InChI is InChI=1S/C11H12ClN3/c12-9-3-1-2-8-10(14-7-5-13)4-6-15-11(8)9/h1-4,6H,5,7,13H2,(H,14,15). The van der Waals surface area contributed by atoms with Gasteiger partial charge < -0.3 is 11.1 Å². The molecule has 1 aromatic heterocycles. The van der Waals surface area contributed by atoms with Crippen molar-refractivity contribution in [3.8, 4) is 0 Å². The third kappa shape index (κ3) is 2.03. The number of nitrogens with one attached hydrogen (secondary N) is 1. The quantitative estimate of drug-likeness (QED) is 0.836. The maximum absolute atomic E-state index is 6.05. The summed E-state index contributed by atoms with van der Waals surface area (Å²) in [7, 11) is 0. The van der Waals surface area contributed by atoms with Crippen LogP contribution in [-0.4, -0.2) is 18.1 Å². The summed E-state index contributed by atoms with van der Waals surface area (Å²) in [6.45, 7) is 1.34. The number of para-hydroxylation sites is 1. The molecule has 0 radical (unpaired) electrons. The number of aromatic nitrogens is 1. The minimum Gasteiger partial charge on any atom is -0.383 e. The normalized spacial score (nSPS) is 10.5. The summed E-state index contributed by atoms with van der Waals surface area (Å²) in [6, 6.07) is 7.67. The zero-order valence-electron chi connectivity index (χ0n) is 8.20. The van der Waals surface area contributed by atoms with Crippen LogP contribution in [0.15, 0.2) is 30.5 Å². The maximum Gasteiger partial charge on any atom is 0.0908 e. The van der Waals surface area contributed by atoms with Gasteiger partial charge in [-0.25, -0.2) is 0 Å². The molecule has 2 aromatic rings. The lowest BCUT2D eigenvalue weighted by atomic mass is 10.2. The lowest BCUT2D eigenvalue weighted by Crippen LogP contribution is -2.13. The number of benzene rings is 1. The van der Waals surface area contributed by atoms with Crippen LogP contribution in [-0.2, 0) is 0 Å². The highest BCUT2D eigenvalue weighted by Crippen LogP contribution is 2.26. The maximum atomic E-state index is 6.05. The van der Waals surface area contributed by atoms with Crippen molar-refractivity contribution in [2.24, 2.45) is 5.73 Å². The zero-order valence-corrected chi connectivity index (χ0v) is 8.96. The molecule has 4 heteroatoms. The molecular weight excluding hydrogens is 210 g/mol. The van der Waals surface area contributed by atoms with Crippen LogP contribution >= 0.6 is 11.6 Å². The van der Waals surface area contributed by atoms with Crippen molar-refractivity contribution in [2.45, 2.75) is 0 Å². The number of anilines is 1. The van der Waals surface area contributed by atoms with Gasteiger partial charge in [0.05, 0.1) is 10.5 Å².